The van der Waals surface area contributed by atoms with Crippen molar-refractivity contribution < 1.29 is 18.9 Å². The first-order valence-electron chi connectivity index (χ1n) is 9.84. The van der Waals surface area contributed by atoms with Gasteiger partial charge in [-0.2, -0.15) is 0 Å². The Bertz CT molecular complexity index is 695. The van der Waals surface area contributed by atoms with Crippen LogP contribution in [-0.4, -0.2) is 76.6 Å². The number of methoxy groups -OCH3 is 3. The molecule has 0 aliphatic carbocycles. The Morgan fingerprint density at radius 3 is 2.59 bits per heavy atom. The van der Waals surface area contributed by atoms with E-state index in [9.17, 15) is 0 Å². The van der Waals surface area contributed by atoms with E-state index in [-0.39, 0.29) is 5.60 Å². The summed E-state index contributed by atoms with van der Waals surface area (Å²) in [4.78, 5) is 4.83. The molecule has 3 aliphatic rings. The average molecular weight is 376 g/mol. The van der Waals surface area contributed by atoms with Gasteiger partial charge >= 0.3 is 0 Å². The monoisotopic (exact) mass is 376 g/mol. The lowest BCUT2D eigenvalue weighted by atomic mass is 9.73. The number of nitrogens with zero attached hydrogens (tertiary/aromatic N) is 2. The summed E-state index contributed by atoms with van der Waals surface area (Å²) in [6.07, 6.45) is 2.86. The number of benzene rings is 1. The molecule has 3 aliphatic heterocycles. The Morgan fingerprint density at radius 2 is 1.93 bits per heavy atom. The Labute approximate surface area is 162 Å². The Kier molecular flexibility index (Phi) is 4.99. The second-order valence-electron chi connectivity index (χ2n) is 8.46. The second-order valence-corrected chi connectivity index (χ2v) is 8.46. The van der Waals surface area contributed by atoms with E-state index < -0.39 is 0 Å². The van der Waals surface area contributed by atoms with Gasteiger partial charge in [0.2, 0.25) is 5.75 Å². The van der Waals surface area contributed by atoms with Gasteiger partial charge in [0.25, 0.3) is 0 Å². The molecule has 0 saturated carbocycles. The molecule has 3 fully saturated rings. The molecule has 6 heteroatoms. The van der Waals surface area contributed by atoms with Crippen molar-refractivity contribution in [1.29, 1.82) is 0 Å². The highest BCUT2D eigenvalue weighted by atomic mass is 16.5. The van der Waals surface area contributed by atoms with E-state index in [2.05, 4.69) is 30.0 Å². The van der Waals surface area contributed by atoms with Crippen molar-refractivity contribution in [1.82, 2.24) is 9.80 Å². The fraction of sp³-hybridized carbons (Fsp3) is 0.714. The van der Waals surface area contributed by atoms with Crippen molar-refractivity contribution in [3.05, 3.63) is 17.7 Å². The summed E-state index contributed by atoms with van der Waals surface area (Å²) >= 11 is 0. The van der Waals surface area contributed by atoms with Crippen LogP contribution in [0.5, 0.6) is 17.2 Å². The molecule has 4 rings (SSSR count). The highest BCUT2D eigenvalue weighted by Crippen LogP contribution is 2.55. The minimum absolute atomic E-state index is 0.0646. The number of hydrogen-bond donors (Lipinski definition) is 0. The van der Waals surface area contributed by atoms with Crippen LogP contribution >= 0.6 is 0 Å². The standard InChI is InChI=1S/C21H32N2O4/c1-22(2)11-15-16-12-23(13-21(16)9-8-17(15)27-21)10-14-6-7-18(24-3)20(26-5)19(14)25-4/h6-7,15-17H,8-13H2,1-5H3/t15-,16+,17+,21+/m0/s1. The third kappa shape index (κ3) is 3.08. The van der Waals surface area contributed by atoms with E-state index in [1.165, 1.54) is 12.8 Å². The molecule has 0 aromatic heterocycles. The SMILES string of the molecule is COc1ccc(CN2C[C@@H]3[C@H](CN(C)C)[C@H]4CC[C@]3(C2)O4)c(OC)c1OC. The maximum absolute atomic E-state index is 6.56. The molecule has 1 spiro atoms. The fourth-order valence-corrected chi connectivity index (χ4v) is 5.60. The van der Waals surface area contributed by atoms with Gasteiger partial charge in [0, 0.05) is 43.6 Å². The van der Waals surface area contributed by atoms with Crippen LogP contribution in [0.2, 0.25) is 0 Å². The number of ether oxygens (including phenoxy) is 4. The maximum atomic E-state index is 6.56. The summed E-state index contributed by atoms with van der Waals surface area (Å²) in [5, 5.41) is 0. The number of hydrogen-bond acceptors (Lipinski definition) is 6. The number of fused-ring (bicyclic) bond motifs is 1. The molecule has 150 valence electrons. The third-order valence-electron chi connectivity index (χ3n) is 6.61. The quantitative estimate of drug-likeness (QED) is 0.727. The van der Waals surface area contributed by atoms with Crippen LogP contribution in [0.3, 0.4) is 0 Å². The van der Waals surface area contributed by atoms with E-state index >= 15 is 0 Å². The van der Waals surface area contributed by atoms with Gasteiger partial charge in [-0.25, -0.2) is 0 Å². The number of likely N-dealkylation sites (tertiary alicyclic amines) is 1. The summed E-state index contributed by atoms with van der Waals surface area (Å²) in [6, 6.07) is 4.05. The molecule has 3 heterocycles. The van der Waals surface area contributed by atoms with Gasteiger partial charge in [-0.15, -0.1) is 0 Å². The molecule has 0 radical (unpaired) electrons. The lowest BCUT2D eigenvalue weighted by Crippen LogP contribution is -2.40. The van der Waals surface area contributed by atoms with Gasteiger partial charge in [0.15, 0.2) is 11.5 Å². The van der Waals surface area contributed by atoms with Gasteiger partial charge in [0.05, 0.1) is 33.0 Å². The molecule has 0 amide bonds. The van der Waals surface area contributed by atoms with E-state index in [1.807, 2.05) is 6.07 Å². The van der Waals surface area contributed by atoms with Gasteiger partial charge in [0.1, 0.15) is 0 Å². The first-order chi connectivity index (χ1) is 13.0. The van der Waals surface area contributed by atoms with Crippen molar-refractivity contribution in [2.75, 3.05) is 55.1 Å². The lowest BCUT2D eigenvalue weighted by Gasteiger charge is -2.31. The van der Waals surface area contributed by atoms with E-state index in [0.717, 1.165) is 37.5 Å². The highest BCUT2D eigenvalue weighted by molar-refractivity contribution is 5.55. The first-order valence-corrected chi connectivity index (χ1v) is 9.84. The zero-order valence-electron chi connectivity index (χ0n) is 17.2. The average Bonchev–Trinajstić information content (AvgIpc) is 3.30. The van der Waals surface area contributed by atoms with Crippen LogP contribution in [0.15, 0.2) is 12.1 Å². The molecule has 0 N–H and O–H groups in total. The normalized spacial score (nSPS) is 32.1. The molecule has 4 atom stereocenters. The van der Waals surface area contributed by atoms with Crippen LogP contribution in [0, 0.1) is 11.8 Å². The third-order valence-corrected chi connectivity index (χ3v) is 6.61. The second kappa shape index (κ2) is 7.15. The topological polar surface area (TPSA) is 43.4 Å². The van der Waals surface area contributed by atoms with Gasteiger partial charge in [-0.05, 0) is 33.0 Å². The molecular weight excluding hydrogens is 344 g/mol. The summed E-state index contributed by atoms with van der Waals surface area (Å²) in [7, 11) is 9.33. The summed E-state index contributed by atoms with van der Waals surface area (Å²) in [5.74, 6) is 3.40. The predicted molar refractivity (Wildman–Crippen MR) is 104 cm³/mol. The Balaban J connectivity index is 1.54. The molecule has 2 bridgehead atoms. The van der Waals surface area contributed by atoms with Crippen LogP contribution in [0.1, 0.15) is 18.4 Å². The van der Waals surface area contributed by atoms with Crippen molar-refractivity contribution in [2.24, 2.45) is 11.8 Å². The zero-order valence-corrected chi connectivity index (χ0v) is 17.2. The van der Waals surface area contributed by atoms with Crippen molar-refractivity contribution in [3.63, 3.8) is 0 Å². The lowest BCUT2D eigenvalue weighted by molar-refractivity contribution is 0.00139. The van der Waals surface area contributed by atoms with Gasteiger partial charge in [-0.1, -0.05) is 6.07 Å². The van der Waals surface area contributed by atoms with Crippen LogP contribution in [0.4, 0.5) is 0 Å². The molecular formula is C21H32N2O4. The fourth-order valence-electron chi connectivity index (χ4n) is 5.60. The van der Waals surface area contributed by atoms with Crippen LogP contribution in [0.25, 0.3) is 0 Å². The first kappa shape index (κ1) is 18.8. The maximum Gasteiger partial charge on any atom is 0.203 e. The van der Waals surface area contributed by atoms with Crippen LogP contribution < -0.4 is 14.2 Å². The molecule has 6 nitrogen and oxygen atoms in total. The minimum Gasteiger partial charge on any atom is -0.493 e. The molecule has 1 aromatic rings. The van der Waals surface area contributed by atoms with E-state index in [1.54, 1.807) is 21.3 Å². The van der Waals surface area contributed by atoms with Crippen LogP contribution in [-0.2, 0) is 11.3 Å². The molecule has 1 aromatic carbocycles. The molecule has 27 heavy (non-hydrogen) atoms. The minimum atomic E-state index is 0.0646. The van der Waals surface area contributed by atoms with Gasteiger partial charge in [-0.3, -0.25) is 4.90 Å². The largest absolute Gasteiger partial charge is 0.493 e. The molecule has 3 saturated heterocycles. The highest BCUT2D eigenvalue weighted by Gasteiger charge is 2.62. The van der Waals surface area contributed by atoms with E-state index in [0.29, 0.717) is 29.4 Å². The summed E-state index contributed by atoms with van der Waals surface area (Å²) < 4.78 is 23.2. The number of rotatable bonds is 7. The van der Waals surface area contributed by atoms with E-state index in [4.69, 9.17) is 18.9 Å². The van der Waals surface area contributed by atoms with Crippen molar-refractivity contribution >= 4 is 0 Å². The summed E-state index contributed by atoms with van der Waals surface area (Å²) in [5.41, 5.74) is 1.19. The van der Waals surface area contributed by atoms with Crippen molar-refractivity contribution in [2.45, 2.75) is 31.1 Å². The molecule has 0 unspecified atom stereocenters. The van der Waals surface area contributed by atoms with Crippen molar-refractivity contribution in [3.8, 4) is 17.2 Å². The Hall–Kier alpha value is -1.50. The smallest absolute Gasteiger partial charge is 0.203 e. The zero-order chi connectivity index (χ0) is 19.2. The predicted octanol–water partition coefficient (Wildman–Crippen LogP) is 2.25. The summed E-state index contributed by atoms with van der Waals surface area (Å²) in [6.45, 7) is 4.05. The van der Waals surface area contributed by atoms with Gasteiger partial charge < -0.3 is 23.8 Å². The Morgan fingerprint density at radius 1 is 1.15 bits per heavy atom.